The zero-order valence-electron chi connectivity index (χ0n) is 16.2. The molecule has 144 valence electrons. The Labute approximate surface area is 158 Å². The Morgan fingerprint density at radius 3 is 2.81 bits per heavy atom. The SMILES string of the molecule is CCCCN1CCC(N2CCC[C@@H](C(=O)NCc3ccccn3)C2)CC1. The summed E-state index contributed by atoms with van der Waals surface area (Å²) in [6, 6.07) is 6.49. The highest BCUT2D eigenvalue weighted by Crippen LogP contribution is 2.24. The lowest BCUT2D eigenvalue weighted by Gasteiger charge is -2.42. The molecular weight excluding hydrogens is 324 g/mol. The Balaban J connectivity index is 1.43. The predicted molar refractivity (Wildman–Crippen MR) is 105 cm³/mol. The molecular formula is C21H34N4O. The van der Waals surface area contributed by atoms with Crippen LogP contribution in [0.5, 0.6) is 0 Å². The lowest BCUT2D eigenvalue weighted by atomic mass is 9.93. The van der Waals surface area contributed by atoms with Gasteiger partial charge in [0.15, 0.2) is 0 Å². The summed E-state index contributed by atoms with van der Waals surface area (Å²) in [5.74, 6) is 0.325. The van der Waals surface area contributed by atoms with E-state index in [2.05, 4.69) is 27.0 Å². The van der Waals surface area contributed by atoms with Gasteiger partial charge < -0.3 is 10.2 Å². The van der Waals surface area contributed by atoms with E-state index in [4.69, 9.17) is 0 Å². The number of hydrogen-bond donors (Lipinski definition) is 1. The molecule has 2 fully saturated rings. The lowest BCUT2D eigenvalue weighted by molar-refractivity contribution is -0.127. The number of carbonyl (C=O) groups excluding carboxylic acids is 1. The highest BCUT2D eigenvalue weighted by Gasteiger charge is 2.31. The van der Waals surface area contributed by atoms with Crippen molar-refractivity contribution in [2.45, 2.75) is 58.0 Å². The first kappa shape index (κ1) is 19.3. The third kappa shape index (κ3) is 5.52. The van der Waals surface area contributed by atoms with E-state index >= 15 is 0 Å². The second-order valence-corrected chi connectivity index (χ2v) is 7.80. The van der Waals surface area contributed by atoms with Crippen LogP contribution in [-0.2, 0) is 11.3 Å². The molecule has 2 saturated heterocycles. The Morgan fingerprint density at radius 1 is 1.23 bits per heavy atom. The van der Waals surface area contributed by atoms with Crippen LogP contribution in [0.15, 0.2) is 24.4 Å². The highest BCUT2D eigenvalue weighted by molar-refractivity contribution is 5.78. The van der Waals surface area contributed by atoms with Gasteiger partial charge in [-0.05, 0) is 70.4 Å². The first-order valence-corrected chi connectivity index (χ1v) is 10.4. The maximum atomic E-state index is 12.6. The van der Waals surface area contributed by atoms with E-state index < -0.39 is 0 Å². The fraction of sp³-hybridized carbons (Fsp3) is 0.714. The first-order chi connectivity index (χ1) is 12.8. The second-order valence-electron chi connectivity index (χ2n) is 7.80. The standard InChI is InChI=1S/C21H34N4O/c1-2-3-12-24-14-9-20(10-15-24)25-13-6-7-18(17-25)21(26)23-16-19-8-4-5-11-22-19/h4-5,8,11,18,20H,2-3,6-7,9-10,12-17H2,1H3,(H,23,26)/t18-/m1/s1. The maximum absolute atomic E-state index is 12.6. The summed E-state index contributed by atoms with van der Waals surface area (Å²) in [7, 11) is 0. The van der Waals surface area contributed by atoms with Crippen molar-refractivity contribution in [3.63, 3.8) is 0 Å². The quantitative estimate of drug-likeness (QED) is 0.814. The number of pyridine rings is 1. The van der Waals surface area contributed by atoms with E-state index in [1.165, 1.54) is 45.3 Å². The van der Waals surface area contributed by atoms with Crippen molar-refractivity contribution in [1.82, 2.24) is 20.1 Å². The van der Waals surface area contributed by atoms with Gasteiger partial charge in [-0.2, -0.15) is 0 Å². The molecule has 0 bridgehead atoms. The van der Waals surface area contributed by atoms with E-state index in [9.17, 15) is 4.79 Å². The van der Waals surface area contributed by atoms with Crippen LogP contribution in [-0.4, -0.2) is 59.5 Å². The van der Waals surface area contributed by atoms with Gasteiger partial charge in [0, 0.05) is 18.8 Å². The van der Waals surface area contributed by atoms with Crippen LogP contribution in [0.1, 0.15) is 51.1 Å². The summed E-state index contributed by atoms with van der Waals surface area (Å²) in [5.41, 5.74) is 0.924. The van der Waals surface area contributed by atoms with Crippen LogP contribution >= 0.6 is 0 Å². The van der Waals surface area contributed by atoms with Crippen LogP contribution in [0, 0.1) is 5.92 Å². The van der Waals surface area contributed by atoms with Gasteiger partial charge in [0.1, 0.15) is 0 Å². The Hall–Kier alpha value is -1.46. The second kappa shape index (κ2) is 10.0. The summed E-state index contributed by atoms with van der Waals surface area (Å²) in [6.45, 7) is 8.57. The van der Waals surface area contributed by atoms with Crippen molar-refractivity contribution in [1.29, 1.82) is 0 Å². The van der Waals surface area contributed by atoms with Crippen LogP contribution in [0.25, 0.3) is 0 Å². The molecule has 0 aliphatic carbocycles. The minimum absolute atomic E-state index is 0.130. The number of carbonyl (C=O) groups is 1. The fourth-order valence-electron chi connectivity index (χ4n) is 4.27. The molecule has 2 aliphatic rings. The van der Waals surface area contributed by atoms with Crippen molar-refractivity contribution in [2.24, 2.45) is 5.92 Å². The molecule has 1 aromatic heterocycles. The third-order valence-electron chi connectivity index (χ3n) is 5.89. The van der Waals surface area contributed by atoms with E-state index in [1.807, 2.05) is 18.2 Å². The van der Waals surface area contributed by atoms with E-state index in [0.717, 1.165) is 31.6 Å². The Bertz CT molecular complexity index is 542. The monoisotopic (exact) mass is 358 g/mol. The number of hydrogen-bond acceptors (Lipinski definition) is 4. The van der Waals surface area contributed by atoms with Crippen molar-refractivity contribution in [3.8, 4) is 0 Å². The lowest BCUT2D eigenvalue weighted by Crippen LogP contribution is -2.50. The summed E-state index contributed by atoms with van der Waals surface area (Å²) in [4.78, 5) is 22.1. The van der Waals surface area contributed by atoms with Gasteiger partial charge in [-0.3, -0.25) is 14.7 Å². The molecule has 3 heterocycles. The number of rotatable bonds is 7. The van der Waals surface area contributed by atoms with Gasteiger partial charge in [0.2, 0.25) is 5.91 Å². The summed E-state index contributed by atoms with van der Waals surface area (Å²) < 4.78 is 0. The van der Waals surface area contributed by atoms with E-state index in [-0.39, 0.29) is 11.8 Å². The molecule has 5 nitrogen and oxygen atoms in total. The number of likely N-dealkylation sites (tertiary alicyclic amines) is 2. The predicted octanol–water partition coefficient (Wildman–Crippen LogP) is 2.67. The molecule has 1 aromatic rings. The van der Waals surface area contributed by atoms with E-state index in [0.29, 0.717) is 12.6 Å². The Morgan fingerprint density at radius 2 is 2.08 bits per heavy atom. The molecule has 26 heavy (non-hydrogen) atoms. The molecule has 2 aliphatic heterocycles. The molecule has 0 unspecified atom stereocenters. The van der Waals surface area contributed by atoms with E-state index in [1.54, 1.807) is 6.20 Å². The zero-order chi connectivity index (χ0) is 18.2. The molecule has 0 spiro atoms. The number of unbranched alkanes of at least 4 members (excludes halogenated alkanes) is 1. The van der Waals surface area contributed by atoms with Gasteiger partial charge in [-0.25, -0.2) is 0 Å². The van der Waals surface area contributed by atoms with Crippen LogP contribution in [0.4, 0.5) is 0 Å². The van der Waals surface area contributed by atoms with Crippen molar-refractivity contribution < 1.29 is 4.79 Å². The molecule has 1 atom stereocenters. The minimum Gasteiger partial charge on any atom is -0.350 e. The van der Waals surface area contributed by atoms with Gasteiger partial charge in [-0.1, -0.05) is 19.4 Å². The minimum atomic E-state index is 0.130. The average molecular weight is 359 g/mol. The molecule has 0 aromatic carbocycles. The summed E-state index contributed by atoms with van der Waals surface area (Å²) in [5, 5.41) is 3.09. The van der Waals surface area contributed by atoms with Gasteiger partial charge in [-0.15, -0.1) is 0 Å². The third-order valence-corrected chi connectivity index (χ3v) is 5.89. The van der Waals surface area contributed by atoms with Gasteiger partial charge in [0.25, 0.3) is 0 Å². The van der Waals surface area contributed by atoms with Crippen LogP contribution < -0.4 is 5.32 Å². The molecule has 5 heteroatoms. The van der Waals surface area contributed by atoms with Crippen molar-refractivity contribution in [3.05, 3.63) is 30.1 Å². The zero-order valence-corrected chi connectivity index (χ0v) is 16.2. The molecule has 1 N–H and O–H groups in total. The number of aromatic nitrogens is 1. The summed E-state index contributed by atoms with van der Waals surface area (Å²) >= 11 is 0. The topological polar surface area (TPSA) is 48.5 Å². The first-order valence-electron chi connectivity index (χ1n) is 10.4. The molecule has 3 rings (SSSR count). The normalized spacial score (nSPS) is 23.0. The van der Waals surface area contributed by atoms with Gasteiger partial charge in [0.05, 0.1) is 18.2 Å². The number of amides is 1. The Kier molecular flexibility index (Phi) is 7.44. The van der Waals surface area contributed by atoms with Crippen LogP contribution in [0.3, 0.4) is 0 Å². The van der Waals surface area contributed by atoms with Crippen LogP contribution in [0.2, 0.25) is 0 Å². The smallest absolute Gasteiger partial charge is 0.224 e. The molecule has 0 saturated carbocycles. The number of nitrogens with zero attached hydrogens (tertiary/aromatic N) is 3. The fourth-order valence-corrected chi connectivity index (χ4v) is 4.27. The molecule has 0 radical (unpaired) electrons. The highest BCUT2D eigenvalue weighted by atomic mass is 16.1. The van der Waals surface area contributed by atoms with Gasteiger partial charge >= 0.3 is 0 Å². The molecule has 1 amide bonds. The van der Waals surface area contributed by atoms with Crippen molar-refractivity contribution in [2.75, 3.05) is 32.7 Å². The summed E-state index contributed by atoms with van der Waals surface area (Å²) in [6.07, 6.45) is 9.03. The van der Waals surface area contributed by atoms with Crippen molar-refractivity contribution >= 4 is 5.91 Å². The maximum Gasteiger partial charge on any atom is 0.224 e. The number of nitrogens with one attached hydrogen (secondary N) is 1. The largest absolute Gasteiger partial charge is 0.350 e. The average Bonchev–Trinajstić information content (AvgIpc) is 2.71. The number of piperidine rings is 2.